The molecule has 2 fully saturated rings. The maximum Gasteiger partial charge on any atom is 0.256 e. The lowest BCUT2D eigenvalue weighted by atomic mass is 10.0. The van der Waals surface area contributed by atoms with E-state index >= 15 is 0 Å². The fourth-order valence-electron chi connectivity index (χ4n) is 3.60. The number of halogens is 2. The maximum atomic E-state index is 13.2. The second kappa shape index (κ2) is 6.99. The number of benzene rings is 2. The molecule has 2 aromatic carbocycles. The summed E-state index contributed by atoms with van der Waals surface area (Å²) in [7, 11) is 0. The van der Waals surface area contributed by atoms with Crippen LogP contribution >= 0.6 is 23.2 Å². The van der Waals surface area contributed by atoms with Gasteiger partial charge in [0.25, 0.3) is 5.91 Å². The lowest BCUT2D eigenvalue weighted by molar-refractivity contribution is 0.0433. The van der Waals surface area contributed by atoms with Gasteiger partial charge in [-0.25, -0.2) is 0 Å². The highest BCUT2D eigenvalue weighted by molar-refractivity contribution is 6.35. The lowest BCUT2D eigenvalue weighted by Crippen LogP contribution is -2.51. The van der Waals surface area contributed by atoms with Crippen LogP contribution < -0.4 is 0 Å². The van der Waals surface area contributed by atoms with Crippen LogP contribution in [-0.4, -0.2) is 41.4 Å². The maximum absolute atomic E-state index is 13.2. The predicted octanol–water partition coefficient (Wildman–Crippen LogP) is 4.65. The third kappa shape index (κ3) is 3.55. The van der Waals surface area contributed by atoms with Gasteiger partial charge in [0.05, 0.1) is 16.6 Å². The Bertz CT molecular complexity index is 777. The summed E-state index contributed by atoms with van der Waals surface area (Å²) in [6, 6.07) is 16.1. The number of carbonyl (C=O) groups excluding carboxylic acids is 1. The van der Waals surface area contributed by atoms with Gasteiger partial charge in [0.15, 0.2) is 0 Å². The molecule has 25 heavy (non-hydrogen) atoms. The molecule has 1 saturated heterocycles. The molecule has 5 heteroatoms. The number of carbonyl (C=O) groups is 1. The normalized spacial score (nSPS) is 21.4. The minimum absolute atomic E-state index is 0.0399. The Balaban J connectivity index is 1.66. The van der Waals surface area contributed by atoms with Crippen molar-refractivity contribution in [2.75, 3.05) is 19.6 Å². The predicted molar refractivity (Wildman–Crippen MR) is 101 cm³/mol. The summed E-state index contributed by atoms with van der Waals surface area (Å²) < 4.78 is 0. The molecule has 0 aromatic heterocycles. The smallest absolute Gasteiger partial charge is 0.256 e. The molecular weight excluding hydrogens is 355 g/mol. The van der Waals surface area contributed by atoms with E-state index in [2.05, 4.69) is 17.0 Å². The van der Waals surface area contributed by atoms with Crippen molar-refractivity contribution >= 4 is 29.1 Å². The first-order chi connectivity index (χ1) is 12.1. The van der Waals surface area contributed by atoms with Gasteiger partial charge in [-0.2, -0.15) is 0 Å². The van der Waals surface area contributed by atoms with Crippen molar-refractivity contribution in [1.82, 2.24) is 9.80 Å². The van der Waals surface area contributed by atoms with Crippen LogP contribution in [0.3, 0.4) is 0 Å². The Morgan fingerprint density at radius 1 is 1.00 bits per heavy atom. The lowest BCUT2D eigenvalue weighted by Gasteiger charge is -2.42. The number of piperazine rings is 1. The zero-order chi connectivity index (χ0) is 17.4. The molecule has 0 N–H and O–H groups in total. The van der Waals surface area contributed by atoms with Crippen LogP contribution in [0, 0.1) is 0 Å². The first-order valence-electron chi connectivity index (χ1n) is 8.68. The zero-order valence-corrected chi connectivity index (χ0v) is 15.4. The Kier molecular flexibility index (Phi) is 4.72. The molecular formula is C20H20Cl2N2O. The minimum atomic E-state index is -0.0446. The number of rotatable bonds is 3. The molecule has 0 spiro atoms. The standard InChI is InChI=1S/C20H20Cl2N2O/c21-15-6-9-18(22)17(12-15)20(25)24-11-10-23(16-7-8-16)13-19(24)14-4-2-1-3-5-14/h1-6,9,12,16,19H,7-8,10-11,13H2. The molecule has 3 nitrogen and oxygen atoms in total. The largest absolute Gasteiger partial charge is 0.329 e. The van der Waals surface area contributed by atoms with Gasteiger partial charge in [-0.3, -0.25) is 9.69 Å². The molecule has 0 radical (unpaired) electrons. The van der Waals surface area contributed by atoms with Crippen molar-refractivity contribution in [1.29, 1.82) is 0 Å². The molecule has 1 amide bonds. The minimum Gasteiger partial charge on any atom is -0.329 e. The number of hydrogen-bond donors (Lipinski definition) is 0. The average Bonchev–Trinajstić information content (AvgIpc) is 3.49. The molecule has 1 aliphatic carbocycles. The fraction of sp³-hybridized carbons (Fsp3) is 0.350. The highest BCUT2D eigenvalue weighted by Gasteiger charge is 2.38. The van der Waals surface area contributed by atoms with Crippen molar-refractivity contribution in [2.24, 2.45) is 0 Å². The summed E-state index contributed by atoms with van der Waals surface area (Å²) in [5.41, 5.74) is 1.65. The van der Waals surface area contributed by atoms with Gasteiger partial charge in [-0.15, -0.1) is 0 Å². The highest BCUT2D eigenvalue weighted by Crippen LogP contribution is 2.35. The van der Waals surface area contributed by atoms with Gasteiger partial charge in [0, 0.05) is 30.7 Å². The highest BCUT2D eigenvalue weighted by atomic mass is 35.5. The van der Waals surface area contributed by atoms with E-state index in [1.165, 1.54) is 18.4 Å². The number of hydrogen-bond acceptors (Lipinski definition) is 2. The second-order valence-corrected chi connectivity index (χ2v) is 7.62. The van der Waals surface area contributed by atoms with Gasteiger partial charge in [-0.05, 0) is 36.6 Å². The van der Waals surface area contributed by atoms with Crippen molar-refractivity contribution in [3.05, 3.63) is 69.7 Å². The molecule has 1 atom stereocenters. The van der Waals surface area contributed by atoms with E-state index in [0.29, 0.717) is 28.2 Å². The molecule has 2 aromatic rings. The van der Waals surface area contributed by atoms with Gasteiger partial charge >= 0.3 is 0 Å². The van der Waals surface area contributed by atoms with E-state index in [4.69, 9.17) is 23.2 Å². The Labute approximate surface area is 158 Å². The van der Waals surface area contributed by atoms with E-state index in [9.17, 15) is 4.79 Å². The van der Waals surface area contributed by atoms with E-state index in [1.807, 2.05) is 23.1 Å². The summed E-state index contributed by atoms with van der Waals surface area (Å²) in [6.07, 6.45) is 2.55. The second-order valence-electron chi connectivity index (χ2n) is 6.78. The van der Waals surface area contributed by atoms with Crippen molar-refractivity contribution in [3.8, 4) is 0 Å². The average molecular weight is 375 g/mol. The van der Waals surface area contributed by atoms with Crippen LogP contribution in [0.25, 0.3) is 0 Å². The Morgan fingerprint density at radius 2 is 1.76 bits per heavy atom. The summed E-state index contributed by atoms with van der Waals surface area (Å²) in [5.74, 6) is -0.0446. The number of nitrogens with zero attached hydrogens (tertiary/aromatic N) is 2. The Hall–Kier alpha value is -1.55. The molecule has 1 aliphatic heterocycles. The summed E-state index contributed by atoms with van der Waals surface area (Å²) in [5, 5.41) is 0.978. The van der Waals surface area contributed by atoms with Crippen molar-refractivity contribution in [2.45, 2.75) is 24.9 Å². The summed E-state index contributed by atoms with van der Waals surface area (Å²) in [6.45, 7) is 2.49. The topological polar surface area (TPSA) is 23.6 Å². The molecule has 130 valence electrons. The fourth-order valence-corrected chi connectivity index (χ4v) is 3.97. The van der Waals surface area contributed by atoms with Crippen molar-refractivity contribution < 1.29 is 4.79 Å². The van der Waals surface area contributed by atoms with Crippen LogP contribution in [0.4, 0.5) is 0 Å². The zero-order valence-electron chi connectivity index (χ0n) is 13.9. The first-order valence-corrected chi connectivity index (χ1v) is 9.44. The molecule has 1 unspecified atom stereocenters. The van der Waals surface area contributed by atoms with Crippen LogP contribution in [-0.2, 0) is 0 Å². The quantitative estimate of drug-likeness (QED) is 0.779. The van der Waals surface area contributed by atoms with E-state index in [0.717, 1.165) is 13.1 Å². The van der Waals surface area contributed by atoms with E-state index in [1.54, 1.807) is 18.2 Å². The van der Waals surface area contributed by atoms with Crippen LogP contribution in [0.1, 0.15) is 34.8 Å². The molecule has 0 bridgehead atoms. The molecule has 1 heterocycles. The Morgan fingerprint density at radius 3 is 2.48 bits per heavy atom. The van der Waals surface area contributed by atoms with E-state index < -0.39 is 0 Å². The van der Waals surface area contributed by atoms with Gasteiger partial charge in [0.1, 0.15) is 0 Å². The molecule has 4 rings (SSSR count). The molecule has 1 saturated carbocycles. The van der Waals surface area contributed by atoms with E-state index in [-0.39, 0.29) is 11.9 Å². The van der Waals surface area contributed by atoms with Crippen LogP contribution in [0.2, 0.25) is 10.0 Å². The van der Waals surface area contributed by atoms with Gasteiger partial charge in [0.2, 0.25) is 0 Å². The third-order valence-corrected chi connectivity index (χ3v) is 5.64. The first kappa shape index (κ1) is 16.9. The number of amides is 1. The summed E-state index contributed by atoms with van der Waals surface area (Å²) >= 11 is 12.4. The van der Waals surface area contributed by atoms with Gasteiger partial charge in [-0.1, -0.05) is 53.5 Å². The van der Waals surface area contributed by atoms with Crippen LogP contribution in [0.5, 0.6) is 0 Å². The SMILES string of the molecule is O=C(c1cc(Cl)ccc1Cl)N1CCN(C2CC2)CC1c1ccccc1. The summed E-state index contributed by atoms with van der Waals surface area (Å²) in [4.78, 5) is 17.7. The third-order valence-electron chi connectivity index (χ3n) is 5.08. The van der Waals surface area contributed by atoms with Crippen LogP contribution in [0.15, 0.2) is 48.5 Å². The van der Waals surface area contributed by atoms with Gasteiger partial charge < -0.3 is 4.90 Å². The van der Waals surface area contributed by atoms with Crippen molar-refractivity contribution in [3.63, 3.8) is 0 Å². The molecule has 2 aliphatic rings. The monoisotopic (exact) mass is 374 g/mol.